The van der Waals surface area contributed by atoms with Crippen LogP contribution in [0.1, 0.15) is 19.4 Å². The van der Waals surface area contributed by atoms with Gasteiger partial charge in [0.25, 0.3) is 0 Å². The van der Waals surface area contributed by atoms with Crippen LogP contribution in [0.25, 0.3) is 11.6 Å². The molecule has 0 aromatic heterocycles. The standard InChI is InChI=1S/C16H18N2O4/c1-16(2)20-11-14(22-16)13(21-15(19)10-18-17)9-8-12-6-4-3-5-7-12/h3-10,13-14H,11H2,1-2H3/b9-8+/t13-,14+/m0/s1. The predicted octanol–water partition coefficient (Wildman–Crippen LogP) is 2.06. The lowest BCUT2D eigenvalue weighted by atomic mass is 10.1. The maximum absolute atomic E-state index is 11.5. The van der Waals surface area contributed by atoms with Crippen molar-refractivity contribution in [2.24, 2.45) is 0 Å². The van der Waals surface area contributed by atoms with Gasteiger partial charge in [-0.05, 0) is 25.5 Å². The molecule has 22 heavy (non-hydrogen) atoms. The summed E-state index contributed by atoms with van der Waals surface area (Å²) in [5.74, 6) is -1.47. The Balaban J connectivity index is 2.12. The van der Waals surface area contributed by atoms with Crippen LogP contribution >= 0.6 is 0 Å². The molecule has 0 aliphatic carbocycles. The van der Waals surface area contributed by atoms with Crippen LogP contribution < -0.4 is 0 Å². The molecule has 2 atom stereocenters. The fraction of sp³-hybridized carbons (Fsp3) is 0.375. The van der Waals surface area contributed by atoms with Crippen LogP contribution in [0.15, 0.2) is 36.4 Å². The summed E-state index contributed by atoms with van der Waals surface area (Å²) in [5.41, 5.74) is 9.37. The van der Waals surface area contributed by atoms with E-state index in [1.54, 1.807) is 19.9 Å². The van der Waals surface area contributed by atoms with Gasteiger partial charge in [-0.3, -0.25) is 0 Å². The Morgan fingerprint density at radius 3 is 2.77 bits per heavy atom. The van der Waals surface area contributed by atoms with Crippen LogP contribution in [-0.4, -0.2) is 41.6 Å². The molecule has 0 saturated carbocycles. The summed E-state index contributed by atoms with van der Waals surface area (Å²) in [5, 5.41) is 0. The predicted molar refractivity (Wildman–Crippen MR) is 79.9 cm³/mol. The molecule has 1 aliphatic heterocycles. The van der Waals surface area contributed by atoms with E-state index in [1.807, 2.05) is 36.4 Å². The smallest absolute Gasteiger partial charge is 0.414 e. The molecule has 1 aromatic carbocycles. The number of benzene rings is 1. The number of ether oxygens (including phenoxy) is 3. The lowest BCUT2D eigenvalue weighted by Gasteiger charge is -2.21. The second-order valence-corrected chi connectivity index (χ2v) is 5.28. The Morgan fingerprint density at radius 1 is 1.45 bits per heavy atom. The average Bonchev–Trinajstić information content (AvgIpc) is 2.85. The molecule has 1 fully saturated rings. The van der Waals surface area contributed by atoms with E-state index < -0.39 is 24.0 Å². The molecule has 0 bridgehead atoms. The van der Waals surface area contributed by atoms with E-state index in [9.17, 15) is 4.79 Å². The third-order valence-corrected chi connectivity index (χ3v) is 3.09. The van der Waals surface area contributed by atoms with Gasteiger partial charge in [0.15, 0.2) is 5.79 Å². The Bertz CT molecular complexity index is 591. The van der Waals surface area contributed by atoms with Crippen molar-refractivity contribution in [3.63, 3.8) is 0 Å². The van der Waals surface area contributed by atoms with Gasteiger partial charge in [0.2, 0.25) is 0 Å². The molecule has 0 radical (unpaired) electrons. The molecular formula is C16H18N2O4. The van der Waals surface area contributed by atoms with E-state index in [2.05, 4.69) is 4.79 Å². The topological polar surface area (TPSA) is 81.2 Å². The SMILES string of the molecule is CC1(C)OC[C@H]([C@H](/C=C/c2ccccc2)OC(=O)C=[N+]=[N-])O1. The van der Waals surface area contributed by atoms with Crippen molar-refractivity contribution >= 4 is 18.3 Å². The number of hydrogen-bond donors (Lipinski definition) is 0. The van der Waals surface area contributed by atoms with Crippen molar-refractivity contribution in [2.75, 3.05) is 6.61 Å². The maximum atomic E-state index is 11.5. The number of nitrogens with zero attached hydrogens (tertiary/aromatic N) is 2. The highest BCUT2D eigenvalue weighted by atomic mass is 16.7. The highest BCUT2D eigenvalue weighted by Gasteiger charge is 2.38. The van der Waals surface area contributed by atoms with Crippen molar-refractivity contribution in [2.45, 2.75) is 31.8 Å². The van der Waals surface area contributed by atoms with Crippen LogP contribution in [0.2, 0.25) is 0 Å². The van der Waals surface area contributed by atoms with Gasteiger partial charge in [0.1, 0.15) is 12.2 Å². The first-order valence-electron chi connectivity index (χ1n) is 6.93. The minimum absolute atomic E-state index is 0.306. The highest BCUT2D eigenvalue weighted by Crippen LogP contribution is 2.26. The number of carbonyl (C=O) groups is 1. The molecule has 6 heteroatoms. The number of rotatable bonds is 5. The first kappa shape index (κ1) is 16.1. The van der Waals surface area contributed by atoms with Crippen LogP contribution in [0, 0.1) is 0 Å². The molecule has 0 amide bonds. The molecule has 0 N–H and O–H groups in total. The minimum atomic E-state index is -0.751. The maximum Gasteiger partial charge on any atom is 0.414 e. The number of esters is 1. The Morgan fingerprint density at radius 2 is 2.18 bits per heavy atom. The third-order valence-electron chi connectivity index (χ3n) is 3.09. The van der Waals surface area contributed by atoms with Gasteiger partial charge in [-0.25, -0.2) is 4.79 Å². The van der Waals surface area contributed by atoms with Crippen LogP contribution in [-0.2, 0) is 19.0 Å². The molecule has 1 heterocycles. The van der Waals surface area contributed by atoms with E-state index in [4.69, 9.17) is 19.7 Å². The number of carbonyl (C=O) groups excluding carboxylic acids is 1. The van der Waals surface area contributed by atoms with Gasteiger partial charge in [-0.15, -0.1) is 0 Å². The van der Waals surface area contributed by atoms with Crippen molar-refractivity contribution < 1.29 is 23.8 Å². The summed E-state index contributed by atoms with van der Waals surface area (Å²) in [7, 11) is 0. The Kier molecular flexibility index (Phi) is 5.22. The van der Waals surface area contributed by atoms with Gasteiger partial charge in [0.05, 0.1) is 6.61 Å². The fourth-order valence-electron chi connectivity index (χ4n) is 2.10. The molecule has 0 spiro atoms. The molecule has 0 unspecified atom stereocenters. The summed E-state index contributed by atoms with van der Waals surface area (Å²) < 4.78 is 16.5. The molecule has 2 rings (SSSR count). The van der Waals surface area contributed by atoms with Crippen molar-refractivity contribution in [3.8, 4) is 0 Å². The first-order chi connectivity index (χ1) is 10.5. The molecule has 1 saturated heterocycles. The van der Waals surface area contributed by atoms with Gasteiger partial charge < -0.3 is 19.7 Å². The molecule has 1 aliphatic rings. The van der Waals surface area contributed by atoms with Gasteiger partial charge in [0, 0.05) is 0 Å². The molecule has 1 aromatic rings. The van der Waals surface area contributed by atoms with Gasteiger partial charge in [-0.1, -0.05) is 36.4 Å². The molecular weight excluding hydrogens is 284 g/mol. The number of hydrogen-bond acceptors (Lipinski definition) is 4. The second kappa shape index (κ2) is 7.13. The quantitative estimate of drug-likeness (QED) is 0.361. The van der Waals surface area contributed by atoms with E-state index in [1.165, 1.54) is 0 Å². The second-order valence-electron chi connectivity index (χ2n) is 5.28. The molecule has 6 nitrogen and oxygen atoms in total. The average molecular weight is 302 g/mol. The lowest BCUT2D eigenvalue weighted by molar-refractivity contribution is -0.162. The molecule has 116 valence electrons. The highest BCUT2D eigenvalue weighted by molar-refractivity contribution is 6.20. The zero-order valence-corrected chi connectivity index (χ0v) is 12.5. The fourth-order valence-corrected chi connectivity index (χ4v) is 2.10. The summed E-state index contributed by atoms with van der Waals surface area (Å²) in [6.45, 7) is 3.89. The summed E-state index contributed by atoms with van der Waals surface area (Å²) in [6, 6.07) is 9.61. The zero-order valence-electron chi connectivity index (χ0n) is 12.5. The minimum Gasteiger partial charge on any atom is -0.447 e. The third kappa shape index (κ3) is 4.63. The van der Waals surface area contributed by atoms with Crippen molar-refractivity contribution in [1.29, 1.82) is 0 Å². The van der Waals surface area contributed by atoms with Gasteiger partial charge in [-0.2, -0.15) is 4.79 Å². The summed E-state index contributed by atoms with van der Waals surface area (Å²) >= 11 is 0. The van der Waals surface area contributed by atoms with Gasteiger partial charge >= 0.3 is 12.2 Å². The lowest BCUT2D eigenvalue weighted by Crippen LogP contribution is -2.33. The van der Waals surface area contributed by atoms with Crippen LogP contribution in [0.4, 0.5) is 0 Å². The van der Waals surface area contributed by atoms with Crippen LogP contribution in [0.3, 0.4) is 0 Å². The summed E-state index contributed by atoms with van der Waals surface area (Å²) in [4.78, 5) is 14.2. The Labute approximate surface area is 128 Å². The first-order valence-corrected chi connectivity index (χ1v) is 6.93. The van der Waals surface area contributed by atoms with Crippen molar-refractivity contribution in [3.05, 3.63) is 47.5 Å². The Hall–Kier alpha value is -2.27. The monoisotopic (exact) mass is 302 g/mol. The van der Waals surface area contributed by atoms with E-state index in [-0.39, 0.29) is 0 Å². The largest absolute Gasteiger partial charge is 0.447 e. The van der Waals surface area contributed by atoms with Crippen molar-refractivity contribution in [1.82, 2.24) is 0 Å². The van der Waals surface area contributed by atoms with E-state index in [0.717, 1.165) is 5.56 Å². The van der Waals surface area contributed by atoms with E-state index in [0.29, 0.717) is 12.8 Å². The zero-order chi connectivity index (χ0) is 16.0. The van der Waals surface area contributed by atoms with E-state index >= 15 is 0 Å². The summed E-state index contributed by atoms with van der Waals surface area (Å²) in [6.07, 6.45) is 3.19. The normalized spacial score (nSPS) is 21.3. The van der Waals surface area contributed by atoms with Crippen LogP contribution in [0.5, 0.6) is 0 Å².